The second kappa shape index (κ2) is 12.4. The van der Waals surface area contributed by atoms with Crippen molar-refractivity contribution in [1.29, 1.82) is 0 Å². The van der Waals surface area contributed by atoms with Gasteiger partial charge < -0.3 is 10.2 Å². The van der Waals surface area contributed by atoms with Crippen molar-refractivity contribution in [3.63, 3.8) is 0 Å². The van der Waals surface area contributed by atoms with Gasteiger partial charge in [-0.05, 0) is 25.7 Å². The van der Waals surface area contributed by atoms with Crippen LogP contribution in [0, 0.1) is 0 Å². The topological polar surface area (TPSA) is 57.5 Å². The first kappa shape index (κ1) is 22.0. The van der Waals surface area contributed by atoms with Crippen molar-refractivity contribution in [2.24, 2.45) is 0 Å². The number of hydrogen-bond acceptors (Lipinski definition) is 2. The third-order valence-corrected chi connectivity index (χ3v) is 4.44. The smallest absolute Gasteiger partial charge is 0.362 e. The first-order valence-electron chi connectivity index (χ1n) is 9.47. The zero-order valence-electron chi connectivity index (χ0n) is 15.7. The summed E-state index contributed by atoms with van der Waals surface area (Å²) in [7, 11) is 0. The van der Waals surface area contributed by atoms with Crippen LogP contribution in [0.2, 0.25) is 0 Å². The van der Waals surface area contributed by atoms with E-state index in [-0.39, 0.29) is 0 Å². The maximum absolute atomic E-state index is 11.8. The Labute approximate surface area is 142 Å². The van der Waals surface area contributed by atoms with Gasteiger partial charge in [0.15, 0.2) is 6.04 Å². The van der Waals surface area contributed by atoms with Crippen molar-refractivity contribution in [2.45, 2.75) is 91.5 Å². The van der Waals surface area contributed by atoms with E-state index in [1.807, 2.05) is 13.1 Å². The molecule has 136 valence electrons. The standard InChI is InChI=1S/C19H37NO3/c1-5-9-10-11-13-17(21)16-20(14-7-3,15-8-4)18(12-6-2)19(22)23/h16,18H,5-15H2,1-4H3,(H-,21,22,23)/p+1/b17-16-. The highest BCUT2D eigenvalue weighted by Gasteiger charge is 2.39. The predicted octanol–water partition coefficient (Wildman–Crippen LogP) is 5.25. The Hall–Kier alpha value is -1.03. The lowest BCUT2D eigenvalue weighted by molar-refractivity contribution is -0.897. The maximum atomic E-state index is 11.8. The van der Waals surface area contributed by atoms with Crippen LogP contribution in [0.25, 0.3) is 0 Å². The van der Waals surface area contributed by atoms with Gasteiger partial charge >= 0.3 is 5.97 Å². The molecule has 2 N–H and O–H groups in total. The van der Waals surface area contributed by atoms with Crippen molar-refractivity contribution < 1.29 is 19.5 Å². The fraction of sp³-hybridized carbons (Fsp3) is 0.842. The molecule has 0 aromatic rings. The lowest BCUT2D eigenvalue weighted by atomic mass is 10.0. The van der Waals surface area contributed by atoms with E-state index in [9.17, 15) is 15.0 Å². The molecular formula is C19H38NO3+. The van der Waals surface area contributed by atoms with Crippen LogP contribution in [0.5, 0.6) is 0 Å². The van der Waals surface area contributed by atoms with Gasteiger partial charge in [0.25, 0.3) is 0 Å². The van der Waals surface area contributed by atoms with Gasteiger partial charge in [-0.1, -0.05) is 47.0 Å². The average molecular weight is 329 g/mol. The highest BCUT2D eigenvalue weighted by molar-refractivity contribution is 5.72. The second-order valence-electron chi connectivity index (χ2n) is 6.62. The van der Waals surface area contributed by atoms with Gasteiger partial charge in [-0.25, -0.2) is 4.79 Å². The zero-order chi connectivity index (χ0) is 17.7. The number of unbranched alkanes of at least 4 members (excludes halogenated alkanes) is 3. The Morgan fingerprint density at radius 1 is 0.913 bits per heavy atom. The molecule has 0 bridgehead atoms. The fourth-order valence-corrected chi connectivity index (χ4v) is 3.44. The molecule has 0 radical (unpaired) electrons. The maximum Gasteiger partial charge on any atom is 0.362 e. The monoisotopic (exact) mass is 328 g/mol. The lowest BCUT2D eigenvalue weighted by Gasteiger charge is -2.39. The number of rotatable bonds is 14. The predicted molar refractivity (Wildman–Crippen MR) is 96.4 cm³/mol. The zero-order valence-corrected chi connectivity index (χ0v) is 15.7. The Bertz CT molecular complexity index is 347. The minimum Gasteiger partial charge on any atom is -0.507 e. The van der Waals surface area contributed by atoms with Crippen molar-refractivity contribution in [3.05, 3.63) is 12.0 Å². The summed E-state index contributed by atoms with van der Waals surface area (Å²) in [4.78, 5) is 11.8. The minimum absolute atomic E-state index is 0.366. The summed E-state index contributed by atoms with van der Waals surface area (Å²) < 4.78 is 0.385. The number of hydrogen-bond donors (Lipinski definition) is 2. The number of aliphatic carboxylic acids is 1. The molecule has 4 heteroatoms. The molecule has 0 amide bonds. The Balaban J connectivity index is 5.32. The van der Waals surface area contributed by atoms with E-state index in [1.165, 1.54) is 12.8 Å². The molecule has 0 aromatic carbocycles. The van der Waals surface area contributed by atoms with Crippen LogP contribution in [-0.4, -0.2) is 39.8 Å². The summed E-state index contributed by atoms with van der Waals surface area (Å²) in [5.74, 6) is -0.380. The van der Waals surface area contributed by atoms with Crippen molar-refractivity contribution in [1.82, 2.24) is 0 Å². The van der Waals surface area contributed by atoms with Crippen LogP contribution in [0.1, 0.15) is 85.5 Å². The Morgan fingerprint density at radius 3 is 1.96 bits per heavy atom. The van der Waals surface area contributed by atoms with Crippen LogP contribution < -0.4 is 0 Å². The molecule has 0 saturated heterocycles. The van der Waals surface area contributed by atoms with Gasteiger partial charge in [-0.2, -0.15) is 0 Å². The second-order valence-corrected chi connectivity index (χ2v) is 6.62. The summed E-state index contributed by atoms with van der Waals surface area (Å²) in [5, 5.41) is 20.1. The molecule has 0 aliphatic carbocycles. The molecule has 0 heterocycles. The van der Waals surface area contributed by atoms with Crippen molar-refractivity contribution >= 4 is 5.97 Å². The SMILES string of the molecule is CCCCCC/C(O)=C/[N+](CCC)(CCC)C(CCC)C(=O)O. The summed E-state index contributed by atoms with van der Waals surface area (Å²) in [6.07, 6.45) is 10.3. The van der Waals surface area contributed by atoms with Crippen LogP contribution in [0.3, 0.4) is 0 Å². The summed E-state index contributed by atoms with van der Waals surface area (Å²) in [6.45, 7) is 9.89. The van der Waals surface area contributed by atoms with Gasteiger partial charge in [0.05, 0.1) is 13.1 Å². The van der Waals surface area contributed by atoms with Gasteiger partial charge in [-0.15, -0.1) is 0 Å². The van der Waals surface area contributed by atoms with E-state index in [0.29, 0.717) is 23.1 Å². The highest BCUT2D eigenvalue weighted by atomic mass is 16.4. The molecule has 1 atom stereocenters. The number of aliphatic hydroxyl groups is 1. The molecule has 1 unspecified atom stereocenters. The van der Waals surface area contributed by atoms with E-state index in [0.717, 1.165) is 45.2 Å². The molecule has 0 saturated carbocycles. The van der Waals surface area contributed by atoms with E-state index in [4.69, 9.17) is 0 Å². The summed E-state index contributed by atoms with van der Waals surface area (Å²) in [5.41, 5.74) is 0. The van der Waals surface area contributed by atoms with Gasteiger partial charge in [0.1, 0.15) is 12.0 Å². The first-order chi connectivity index (χ1) is 11.0. The number of carboxylic acid groups (broad SMARTS) is 1. The molecule has 0 aromatic heterocycles. The Morgan fingerprint density at radius 2 is 1.52 bits per heavy atom. The number of aliphatic hydroxyl groups excluding tert-OH is 1. The molecule has 0 fully saturated rings. The van der Waals surface area contributed by atoms with E-state index in [2.05, 4.69) is 20.8 Å². The van der Waals surface area contributed by atoms with Crippen LogP contribution >= 0.6 is 0 Å². The van der Waals surface area contributed by atoms with Gasteiger partial charge in [0.2, 0.25) is 0 Å². The third-order valence-electron chi connectivity index (χ3n) is 4.44. The molecule has 0 aliphatic heterocycles. The molecule has 4 nitrogen and oxygen atoms in total. The number of carbonyl (C=O) groups is 1. The van der Waals surface area contributed by atoms with Crippen molar-refractivity contribution in [2.75, 3.05) is 13.1 Å². The van der Waals surface area contributed by atoms with Crippen LogP contribution in [0.15, 0.2) is 12.0 Å². The minimum atomic E-state index is -0.746. The number of allylic oxidation sites excluding steroid dienone is 1. The fourth-order valence-electron chi connectivity index (χ4n) is 3.44. The average Bonchev–Trinajstić information content (AvgIpc) is 2.49. The molecule has 23 heavy (non-hydrogen) atoms. The van der Waals surface area contributed by atoms with Gasteiger partial charge in [0, 0.05) is 12.8 Å². The Kier molecular flexibility index (Phi) is 11.8. The molecule has 0 rings (SSSR count). The molecule has 0 aliphatic rings. The molecular weight excluding hydrogens is 290 g/mol. The van der Waals surface area contributed by atoms with E-state index in [1.54, 1.807) is 0 Å². The quantitative estimate of drug-likeness (QED) is 0.260. The highest BCUT2D eigenvalue weighted by Crippen LogP contribution is 2.24. The van der Waals surface area contributed by atoms with Crippen molar-refractivity contribution in [3.8, 4) is 0 Å². The summed E-state index contributed by atoms with van der Waals surface area (Å²) >= 11 is 0. The molecule has 0 spiro atoms. The normalized spacial score (nSPS) is 14.0. The summed E-state index contributed by atoms with van der Waals surface area (Å²) in [6, 6.07) is -0.460. The van der Waals surface area contributed by atoms with Gasteiger partial charge in [-0.3, -0.25) is 4.48 Å². The lowest BCUT2D eigenvalue weighted by Crippen LogP contribution is -2.56. The van der Waals surface area contributed by atoms with Crippen LogP contribution in [-0.2, 0) is 4.79 Å². The number of nitrogens with zero attached hydrogens (tertiary/aromatic N) is 1. The largest absolute Gasteiger partial charge is 0.507 e. The van der Waals surface area contributed by atoms with Crippen LogP contribution in [0.4, 0.5) is 0 Å². The first-order valence-corrected chi connectivity index (χ1v) is 9.47. The number of quaternary nitrogens is 1. The number of carboxylic acids is 1. The van der Waals surface area contributed by atoms with E-state index >= 15 is 0 Å². The van der Waals surface area contributed by atoms with E-state index < -0.39 is 12.0 Å². The third kappa shape index (κ3) is 7.87.